The van der Waals surface area contributed by atoms with Crippen molar-refractivity contribution in [1.29, 1.82) is 0 Å². The van der Waals surface area contributed by atoms with E-state index in [1.165, 1.54) is 5.56 Å². The standard InChI is InChI=1S/C17H19NO3/c1-12(10-13-6-8-16(21-2)9-7-13)18-15-5-3-4-14(11-15)17(19)20/h3-9,11-12,18H,10H2,1-2H3,(H,19,20). The molecule has 4 nitrogen and oxygen atoms in total. The van der Waals surface area contributed by atoms with E-state index in [4.69, 9.17) is 9.84 Å². The topological polar surface area (TPSA) is 58.6 Å². The normalized spacial score (nSPS) is 11.7. The SMILES string of the molecule is COc1ccc(CC(C)Nc2cccc(C(=O)O)c2)cc1. The molecule has 0 aromatic heterocycles. The summed E-state index contributed by atoms with van der Waals surface area (Å²) in [7, 11) is 1.65. The minimum atomic E-state index is -0.915. The highest BCUT2D eigenvalue weighted by Crippen LogP contribution is 2.16. The zero-order chi connectivity index (χ0) is 15.2. The Morgan fingerprint density at radius 2 is 1.95 bits per heavy atom. The van der Waals surface area contributed by atoms with Crippen molar-refractivity contribution < 1.29 is 14.6 Å². The van der Waals surface area contributed by atoms with Crippen LogP contribution in [0.4, 0.5) is 5.69 Å². The molecule has 1 unspecified atom stereocenters. The van der Waals surface area contributed by atoms with Gasteiger partial charge in [-0.25, -0.2) is 4.79 Å². The summed E-state index contributed by atoms with van der Waals surface area (Å²) in [4.78, 5) is 11.0. The van der Waals surface area contributed by atoms with E-state index >= 15 is 0 Å². The van der Waals surface area contributed by atoms with E-state index in [0.29, 0.717) is 0 Å². The van der Waals surface area contributed by atoms with Crippen molar-refractivity contribution in [1.82, 2.24) is 0 Å². The molecule has 0 aliphatic carbocycles. The summed E-state index contributed by atoms with van der Waals surface area (Å²) in [6, 6.07) is 15.0. The lowest BCUT2D eigenvalue weighted by Crippen LogP contribution is -2.18. The van der Waals surface area contributed by atoms with Crippen molar-refractivity contribution in [3.8, 4) is 5.75 Å². The predicted octanol–water partition coefficient (Wildman–Crippen LogP) is 3.44. The molecule has 0 saturated carbocycles. The van der Waals surface area contributed by atoms with E-state index in [1.54, 1.807) is 25.3 Å². The smallest absolute Gasteiger partial charge is 0.335 e. The number of ether oxygens (including phenoxy) is 1. The molecule has 2 N–H and O–H groups in total. The zero-order valence-corrected chi connectivity index (χ0v) is 12.2. The maximum Gasteiger partial charge on any atom is 0.335 e. The van der Waals surface area contributed by atoms with Crippen LogP contribution in [0.2, 0.25) is 0 Å². The van der Waals surface area contributed by atoms with E-state index in [1.807, 2.05) is 30.3 Å². The van der Waals surface area contributed by atoms with E-state index in [-0.39, 0.29) is 11.6 Å². The molecular weight excluding hydrogens is 266 g/mol. The Morgan fingerprint density at radius 3 is 2.57 bits per heavy atom. The van der Waals surface area contributed by atoms with Crippen LogP contribution >= 0.6 is 0 Å². The first-order valence-electron chi connectivity index (χ1n) is 6.81. The molecule has 2 aromatic rings. The van der Waals surface area contributed by atoms with Gasteiger partial charge in [-0.05, 0) is 49.2 Å². The van der Waals surface area contributed by atoms with E-state index in [2.05, 4.69) is 12.2 Å². The molecule has 4 heteroatoms. The number of rotatable bonds is 6. The average molecular weight is 285 g/mol. The van der Waals surface area contributed by atoms with Gasteiger partial charge >= 0.3 is 5.97 Å². The number of nitrogens with one attached hydrogen (secondary N) is 1. The number of benzene rings is 2. The summed E-state index contributed by atoms with van der Waals surface area (Å²) < 4.78 is 5.13. The van der Waals surface area contributed by atoms with Crippen LogP contribution in [0.3, 0.4) is 0 Å². The first-order chi connectivity index (χ1) is 10.1. The third-order valence-electron chi connectivity index (χ3n) is 3.22. The van der Waals surface area contributed by atoms with Gasteiger partial charge in [-0.3, -0.25) is 0 Å². The van der Waals surface area contributed by atoms with Crippen molar-refractivity contribution in [2.24, 2.45) is 0 Å². The van der Waals surface area contributed by atoms with Gasteiger partial charge in [-0.15, -0.1) is 0 Å². The molecule has 21 heavy (non-hydrogen) atoms. The number of hydrogen-bond acceptors (Lipinski definition) is 3. The third kappa shape index (κ3) is 4.24. The number of methoxy groups -OCH3 is 1. The summed E-state index contributed by atoms with van der Waals surface area (Å²) in [5, 5.41) is 12.3. The molecule has 2 rings (SSSR count). The van der Waals surface area contributed by atoms with Gasteiger partial charge in [0.25, 0.3) is 0 Å². The lowest BCUT2D eigenvalue weighted by Gasteiger charge is -2.16. The molecular formula is C17H19NO3. The fraction of sp³-hybridized carbons (Fsp3) is 0.235. The highest BCUT2D eigenvalue weighted by atomic mass is 16.5. The van der Waals surface area contributed by atoms with Crippen LogP contribution in [0.25, 0.3) is 0 Å². The predicted molar refractivity (Wildman–Crippen MR) is 83.2 cm³/mol. The van der Waals surface area contributed by atoms with Crippen LogP contribution in [0.15, 0.2) is 48.5 Å². The Labute approximate surface area is 124 Å². The number of carbonyl (C=O) groups is 1. The largest absolute Gasteiger partial charge is 0.497 e. The Kier molecular flexibility index (Phi) is 4.82. The van der Waals surface area contributed by atoms with Gasteiger partial charge in [0.15, 0.2) is 0 Å². The van der Waals surface area contributed by atoms with Gasteiger partial charge in [-0.2, -0.15) is 0 Å². The second kappa shape index (κ2) is 6.79. The molecule has 0 amide bonds. The minimum Gasteiger partial charge on any atom is -0.497 e. The molecule has 110 valence electrons. The van der Waals surface area contributed by atoms with Crippen LogP contribution in [-0.4, -0.2) is 24.2 Å². The Morgan fingerprint density at radius 1 is 1.24 bits per heavy atom. The highest BCUT2D eigenvalue weighted by molar-refractivity contribution is 5.88. The lowest BCUT2D eigenvalue weighted by molar-refractivity contribution is 0.0697. The van der Waals surface area contributed by atoms with Crippen LogP contribution in [0.5, 0.6) is 5.75 Å². The summed E-state index contributed by atoms with van der Waals surface area (Å²) >= 11 is 0. The molecule has 0 fully saturated rings. The monoisotopic (exact) mass is 285 g/mol. The maximum atomic E-state index is 11.0. The number of carboxylic acids is 1. The van der Waals surface area contributed by atoms with E-state index < -0.39 is 5.97 Å². The summed E-state index contributed by atoms with van der Waals surface area (Å²) in [6.45, 7) is 2.07. The minimum absolute atomic E-state index is 0.197. The van der Waals surface area contributed by atoms with Crippen molar-refractivity contribution in [3.63, 3.8) is 0 Å². The molecule has 1 atom stereocenters. The average Bonchev–Trinajstić information content (AvgIpc) is 2.48. The van der Waals surface area contributed by atoms with Crippen molar-refractivity contribution >= 4 is 11.7 Å². The van der Waals surface area contributed by atoms with Crippen LogP contribution in [0, 0.1) is 0 Å². The first kappa shape index (κ1) is 14.9. The molecule has 0 aliphatic heterocycles. The number of aromatic carboxylic acids is 1. The van der Waals surface area contributed by atoms with Crippen molar-refractivity contribution in [3.05, 3.63) is 59.7 Å². The second-order valence-corrected chi connectivity index (χ2v) is 4.98. The van der Waals surface area contributed by atoms with Crippen LogP contribution in [-0.2, 0) is 6.42 Å². The van der Waals surface area contributed by atoms with Crippen LogP contribution < -0.4 is 10.1 Å². The Hall–Kier alpha value is -2.49. The van der Waals surface area contributed by atoms with Gasteiger partial charge in [0, 0.05) is 11.7 Å². The summed E-state index contributed by atoms with van der Waals surface area (Å²) in [6.07, 6.45) is 0.849. The molecule has 0 bridgehead atoms. The molecule has 0 saturated heterocycles. The van der Waals surface area contributed by atoms with Gasteiger partial charge in [0.2, 0.25) is 0 Å². The second-order valence-electron chi connectivity index (χ2n) is 4.98. The molecule has 0 heterocycles. The van der Waals surface area contributed by atoms with Crippen LogP contribution in [0.1, 0.15) is 22.8 Å². The number of carboxylic acid groups (broad SMARTS) is 1. The molecule has 0 radical (unpaired) electrons. The fourth-order valence-corrected chi connectivity index (χ4v) is 2.19. The summed E-state index contributed by atoms with van der Waals surface area (Å²) in [5.41, 5.74) is 2.30. The molecule has 0 spiro atoms. The lowest BCUT2D eigenvalue weighted by atomic mass is 10.1. The Balaban J connectivity index is 1.98. The van der Waals surface area contributed by atoms with Gasteiger partial charge < -0.3 is 15.2 Å². The van der Waals surface area contributed by atoms with E-state index in [9.17, 15) is 4.79 Å². The van der Waals surface area contributed by atoms with Gasteiger partial charge in [0.1, 0.15) is 5.75 Å². The molecule has 0 aliphatic rings. The number of anilines is 1. The van der Waals surface area contributed by atoms with Crippen molar-refractivity contribution in [2.75, 3.05) is 12.4 Å². The maximum absolute atomic E-state index is 11.0. The van der Waals surface area contributed by atoms with E-state index in [0.717, 1.165) is 17.9 Å². The number of hydrogen-bond donors (Lipinski definition) is 2. The third-order valence-corrected chi connectivity index (χ3v) is 3.22. The quantitative estimate of drug-likeness (QED) is 0.853. The zero-order valence-electron chi connectivity index (χ0n) is 12.2. The summed E-state index contributed by atoms with van der Waals surface area (Å²) in [5.74, 6) is -0.0741. The Bertz CT molecular complexity index is 608. The van der Waals surface area contributed by atoms with Gasteiger partial charge in [-0.1, -0.05) is 18.2 Å². The van der Waals surface area contributed by atoms with Gasteiger partial charge in [0.05, 0.1) is 12.7 Å². The fourth-order valence-electron chi connectivity index (χ4n) is 2.19. The molecule has 2 aromatic carbocycles. The highest BCUT2D eigenvalue weighted by Gasteiger charge is 2.07. The van der Waals surface area contributed by atoms with Crippen molar-refractivity contribution in [2.45, 2.75) is 19.4 Å². The first-order valence-corrected chi connectivity index (χ1v) is 6.81.